The summed E-state index contributed by atoms with van der Waals surface area (Å²) in [6.45, 7) is -0.726. The Morgan fingerprint density at radius 1 is 0.941 bits per heavy atom. The van der Waals surface area contributed by atoms with E-state index in [0.717, 1.165) is 24.3 Å². The van der Waals surface area contributed by atoms with E-state index in [9.17, 15) is 31.6 Å². The number of benzene rings is 2. The molecule has 34 heavy (non-hydrogen) atoms. The van der Waals surface area contributed by atoms with E-state index in [1.807, 2.05) is 0 Å². The minimum atomic E-state index is -4.76. The lowest BCUT2D eigenvalue weighted by atomic mass is 10.1. The number of carbonyl (C=O) groups excluding carboxylic acids is 3. The van der Waals surface area contributed by atoms with Crippen molar-refractivity contribution in [2.24, 2.45) is 0 Å². The van der Waals surface area contributed by atoms with E-state index < -0.39 is 50.9 Å². The molecule has 3 aromatic rings. The van der Waals surface area contributed by atoms with Crippen LogP contribution in [0.5, 0.6) is 0 Å². The van der Waals surface area contributed by atoms with Gasteiger partial charge in [0.05, 0.1) is 11.2 Å². The summed E-state index contributed by atoms with van der Waals surface area (Å²) in [6, 6.07) is 13.9. The molecule has 9 nitrogen and oxygen atoms in total. The number of anilines is 1. The van der Waals surface area contributed by atoms with Gasteiger partial charge in [-0.3, -0.25) is 9.59 Å². The highest BCUT2D eigenvalue weighted by atomic mass is 32.2. The molecular formula is C22H18F2N2O7S. The number of alkyl halides is 2. The summed E-state index contributed by atoms with van der Waals surface area (Å²) in [4.78, 5) is 36.5. The van der Waals surface area contributed by atoms with Crippen molar-refractivity contribution in [3.63, 3.8) is 0 Å². The quantitative estimate of drug-likeness (QED) is 0.439. The molecule has 0 aliphatic rings. The van der Waals surface area contributed by atoms with Gasteiger partial charge >= 0.3 is 11.7 Å². The Bertz CT molecular complexity index is 1250. The Labute approximate surface area is 192 Å². The molecule has 2 N–H and O–H groups in total. The van der Waals surface area contributed by atoms with Gasteiger partial charge in [0.1, 0.15) is 0 Å². The highest BCUT2D eigenvalue weighted by Gasteiger charge is 2.27. The van der Waals surface area contributed by atoms with Gasteiger partial charge in [-0.1, -0.05) is 30.3 Å². The van der Waals surface area contributed by atoms with E-state index in [1.165, 1.54) is 18.4 Å². The maximum absolute atomic E-state index is 12.6. The van der Waals surface area contributed by atoms with Gasteiger partial charge in [0.15, 0.2) is 18.4 Å². The second-order valence-corrected chi connectivity index (χ2v) is 8.70. The molecule has 0 fully saturated rings. The molecule has 0 saturated carbocycles. The smallest absolute Gasteiger partial charge is 0.341 e. The van der Waals surface area contributed by atoms with Crippen LogP contribution in [0.2, 0.25) is 0 Å². The summed E-state index contributed by atoms with van der Waals surface area (Å²) in [5.74, 6) is -5.96. The maximum Gasteiger partial charge on any atom is 0.341 e. The number of furan rings is 1. The standard InChI is InChI=1S/C22H18F2N2O7S/c23-22(24)34(30,31)16-10-8-15(9-11-16)25-18(27)13-33-21(29)19(14-5-2-1-3-6-14)26-20(28)17-7-4-12-32-17/h1-12,19,22H,13H2,(H,25,27)(H,26,28). The van der Waals surface area contributed by atoms with Gasteiger partial charge in [0.25, 0.3) is 11.8 Å². The predicted octanol–water partition coefficient (Wildman–Crippen LogP) is 2.93. The maximum atomic E-state index is 12.6. The summed E-state index contributed by atoms with van der Waals surface area (Å²) in [6.07, 6.45) is 1.30. The van der Waals surface area contributed by atoms with Crippen LogP contribution >= 0.6 is 0 Å². The fraction of sp³-hybridized carbons (Fsp3) is 0.136. The molecule has 0 aliphatic heterocycles. The Morgan fingerprint density at radius 2 is 1.62 bits per heavy atom. The van der Waals surface area contributed by atoms with E-state index >= 15 is 0 Å². The third-order valence-corrected chi connectivity index (χ3v) is 5.83. The monoisotopic (exact) mass is 492 g/mol. The molecule has 3 rings (SSSR count). The Hall–Kier alpha value is -4.06. The number of nitrogens with one attached hydrogen (secondary N) is 2. The number of rotatable bonds is 9. The van der Waals surface area contributed by atoms with Gasteiger partial charge in [-0.15, -0.1) is 0 Å². The van der Waals surface area contributed by atoms with Crippen molar-refractivity contribution in [2.45, 2.75) is 16.7 Å². The van der Waals surface area contributed by atoms with E-state index in [4.69, 9.17) is 9.15 Å². The lowest BCUT2D eigenvalue weighted by molar-refractivity contribution is -0.149. The van der Waals surface area contributed by atoms with Crippen molar-refractivity contribution in [3.05, 3.63) is 84.3 Å². The van der Waals surface area contributed by atoms with E-state index in [0.29, 0.717) is 5.56 Å². The average Bonchev–Trinajstić information content (AvgIpc) is 3.37. The fourth-order valence-corrected chi connectivity index (χ4v) is 3.50. The van der Waals surface area contributed by atoms with Gasteiger partial charge in [-0.2, -0.15) is 8.78 Å². The summed E-state index contributed by atoms with van der Waals surface area (Å²) in [5, 5.41) is 4.83. The molecule has 0 saturated heterocycles. The third-order valence-electron chi connectivity index (χ3n) is 4.44. The first-order chi connectivity index (χ1) is 16.2. The summed E-state index contributed by atoms with van der Waals surface area (Å²) in [7, 11) is -4.76. The van der Waals surface area contributed by atoms with E-state index in [1.54, 1.807) is 30.3 Å². The minimum Gasteiger partial charge on any atom is -0.459 e. The zero-order chi connectivity index (χ0) is 24.7. The summed E-state index contributed by atoms with van der Waals surface area (Å²) in [5.41, 5.74) is 0.503. The molecule has 1 atom stereocenters. The van der Waals surface area contributed by atoms with Crippen molar-refractivity contribution < 1.29 is 40.7 Å². The van der Waals surface area contributed by atoms with Crippen LogP contribution < -0.4 is 10.6 Å². The molecule has 2 aromatic carbocycles. The predicted molar refractivity (Wildman–Crippen MR) is 115 cm³/mol. The molecular weight excluding hydrogens is 474 g/mol. The molecule has 0 spiro atoms. The van der Waals surface area contributed by atoms with Gasteiger partial charge in [-0.05, 0) is 42.0 Å². The van der Waals surface area contributed by atoms with E-state index in [2.05, 4.69) is 10.6 Å². The number of amides is 2. The molecule has 1 unspecified atom stereocenters. The highest BCUT2D eigenvalue weighted by molar-refractivity contribution is 7.91. The van der Waals surface area contributed by atoms with Gasteiger partial charge in [-0.25, -0.2) is 13.2 Å². The first kappa shape index (κ1) is 24.6. The van der Waals surface area contributed by atoms with Crippen LogP contribution in [0.15, 0.2) is 82.3 Å². The number of carbonyl (C=O) groups is 3. The van der Waals surface area contributed by atoms with Gasteiger partial charge < -0.3 is 19.8 Å². The fourth-order valence-electron chi connectivity index (χ4n) is 2.78. The normalized spacial score (nSPS) is 12.1. The van der Waals surface area contributed by atoms with Gasteiger partial charge in [0.2, 0.25) is 9.84 Å². The Morgan fingerprint density at radius 3 is 2.21 bits per heavy atom. The number of hydrogen-bond acceptors (Lipinski definition) is 7. The first-order valence-corrected chi connectivity index (χ1v) is 11.2. The number of esters is 1. The topological polar surface area (TPSA) is 132 Å². The lowest BCUT2D eigenvalue weighted by Gasteiger charge is -2.17. The summed E-state index contributed by atoms with van der Waals surface area (Å²) >= 11 is 0. The molecule has 2 amide bonds. The van der Waals surface area contributed by atoms with Crippen LogP contribution in [-0.4, -0.2) is 38.6 Å². The Balaban J connectivity index is 1.62. The van der Waals surface area contributed by atoms with Crippen LogP contribution in [0.4, 0.5) is 14.5 Å². The van der Waals surface area contributed by atoms with Crippen LogP contribution in [0.3, 0.4) is 0 Å². The SMILES string of the molecule is O=C(COC(=O)C(NC(=O)c1ccco1)c1ccccc1)Nc1ccc(S(=O)(=O)C(F)F)cc1. The average molecular weight is 492 g/mol. The molecule has 178 valence electrons. The number of ether oxygens (including phenoxy) is 1. The van der Waals surface area contributed by atoms with Crippen LogP contribution in [0.1, 0.15) is 22.2 Å². The number of hydrogen-bond donors (Lipinski definition) is 2. The number of sulfone groups is 1. The largest absolute Gasteiger partial charge is 0.459 e. The zero-order valence-corrected chi connectivity index (χ0v) is 18.1. The van der Waals surface area contributed by atoms with Crippen LogP contribution in [0.25, 0.3) is 0 Å². The number of halogens is 2. The van der Waals surface area contributed by atoms with Crippen molar-refractivity contribution in [1.29, 1.82) is 0 Å². The van der Waals surface area contributed by atoms with Crippen LogP contribution in [0, 0.1) is 0 Å². The molecule has 1 aromatic heterocycles. The van der Waals surface area contributed by atoms with Crippen molar-refractivity contribution in [1.82, 2.24) is 5.32 Å². The molecule has 0 aliphatic carbocycles. The van der Waals surface area contributed by atoms with Crippen molar-refractivity contribution in [3.8, 4) is 0 Å². The van der Waals surface area contributed by atoms with Crippen molar-refractivity contribution in [2.75, 3.05) is 11.9 Å². The summed E-state index contributed by atoms with van der Waals surface area (Å²) < 4.78 is 58.1. The molecule has 12 heteroatoms. The molecule has 1 heterocycles. The van der Waals surface area contributed by atoms with Crippen LogP contribution in [-0.2, 0) is 24.2 Å². The highest BCUT2D eigenvalue weighted by Crippen LogP contribution is 2.20. The second-order valence-electron chi connectivity index (χ2n) is 6.78. The first-order valence-electron chi connectivity index (χ1n) is 9.66. The van der Waals surface area contributed by atoms with E-state index in [-0.39, 0.29) is 11.4 Å². The third kappa shape index (κ3) is 6.04. The van der Waals surface area contributed by atoms with Gasteiger partial charge in [0, 0.05) is 5.69 Å². The Kier molecular flexibility index (Phi) is 7.74. The molecule has 0 radical (unpaired) electrons. The minimum absolute atomic E-state index is 0.0243. The second kappa shape index (κ2) is 10.7. The lowest BCUT2D eigenvalue weighted by Crippen LogP contribution is -2.36. The van der Waals surface area contributed by atoms with Crippen molar-refractivity contribution >= 4 is 33.3 Å². The molecule has 0 bridgehead atoms. The zero-order valence-electron chi connectivity index (χ0n) is 17.3.